The van der Waals surface area contributed by atoms with E-state index in [0.29, 0.717) is 23.7 Å². The molecule has 0 bridgehead atoms. The standard InChI is InChI=1S/C22H22N4O3/c1-3-13-26-22(29)18-12-8-7-11-17(18)20(25-26)21(28)24-23-19(27)14-15(2)16-9-5-4-6-10-16/h4-12,14H,3,13H2,1-2H3,(H,23,27)(H,24,28)/b15-14+. The van der Waals surface area contributed by atoms with Crippen LogP contribution < -0.4 is 16.4 Å². The van der Waals surface area contributed by atoms with Crippen LogP contribution in [0, 0.1) is 0 Å². The summed E-state index contributed by atoms with van der Waals surface area (Å²) in [5.41, 5.74) is 6.25. The number of fused-ring (bicyclic) bond motifs is 1. The first-order chi connectivity index (χ1) is 14.0. The normalized spacial score (nSPS) is 11.3. The fourth-order valence-corrected chi connectivity index (χ4v) is 2.96. The first kappa shape index (κ1) is 20.0. The van der Waals surface area contributed by atoms with Gasteiger partial charge in [0.1, 0.15) is 0 Å². The summed E-state index contributed by atoms with van der Waals surface area (Å²) in [6.07, 6.45) is 2.10. The second-order valence-corrected chi connectivity index (χ2v) is 6.56. The van der Waals surface area contributed by atoms with Crippen molar-refractivity contribution in [2.75, 3.05) is 0 Å². The summed E-state index contributed by atoms with van der Waals surface area (Å²) in [5, 5.41) is 5.05. The van der Waals surface area contributed by atoms with E-state index in [4.69, 9.17) is 0 Å². The van der Waals surface area contributed by atoms with Gasteiger partial charge in [0.15, 0.2) is 5.69 Å². The number of amides is 2. The minimum atomic E-state index is -0.592. The molecule has 0 saturated heterocycles. The maximum atomic E-state index is 12.7. The van der Waals surface area contributed by atoms with Crippen LogP contribution in [0.25, 0.3) is 16.3 Å². The number of rotatable bonds is 5. The summed E-state index contributed by atoms with van der Waals surface area (Å²) >= 11 is 0. The Labute approximate surface area is 168 Å². The van der Waals surface area contributed by atoms with Crippen LogP contribution in [-0.4, -0.2) is 21.6 Å². The summed E-state index contributed by atoms with van der Waals surface area (Å²) in [6, 6.07) is 16.2. The molecule has 29 heavy (non-hydrogen) atoms. The third-order valence-electron chi connectivity index (χ3n) is 4.39. The number of aromatic nitrogens is 2. The minimum Gasteiger partial charge on any atom is -0.268 e. The number of benzene rings is 2. The zero-order valence-electron chi connectivity index (χ0n) is 16.3. The number of nitrogens with zero attached hydrogens (tertiary/aromatic N) is 2. The van der Waals surface area contributed by atoms with Crippen LogP contribution in [0.4, 0.5) is 0 Å². The first-order valence-corrected chi connectivity index (χ1v) is 9.35. The van der Waals surface area contributed by atoms with Crippen LogP contribution in [0.1, 0.15) is 36.3 Å². The lowest BCUT2D eigenvalue weighted by Gasteiger charge is -2.11. The molecule has 0 radical (unpaired) electrons. The van der Waals surface area contributed by atoms with Gasteiger partial charge in [-0.2, -0.15) is 5.10 Å². The highest BCUT2D eigenvalue weighted by molar-refractivity contribution is 6.05. The molecule has 0 atom stereocenters. The van der Waals surface area contributed by atoms with E-state index in [2.05, 4.69) is 16.0 Å². The van der Waals surface area contributed by atoms with Crippen LogP contribution in [0.15, 0.2) is 65.5 Å². The van der Waals surface area contributed by atoms with Gasteiger partial charge in [-0.3, -0.25) is 25.2 Å². The molecule has 0 aliphatic rings. The van der Waals surface area contributed by atoms with Gasteiger partial charge in [-0.1, -0.05) is 55.5 Å². The van der Waals surface area contributed by atoms with Crippen molar-refractivity contribution in [2.24, 2.45) is 0 Å². The van der Waals surface area contributed by atoms with Gasteiger partial charge in [0.25, 0.3) is 17.4 Å². The fraction of sp³-hybridized carbons (Fsp3) is 0.182. The van der Waals surface area contributed by atoms with Crippen molar-refractivity contribution in [2.45, 2.75) is 26.8 Å². The summed E-state index contributed by atoms with van der Waals surface area (Å²) < 4.78 is 1.28. The van der Waals surface area contributed by atoms with E-state index in [-0.39, 0.29) is 11.3 Å². The van der Waals surface area contributed by atoms with Gasteiger partial charge in [0, 0.05) is 18.0 Å². The Bertz CT molecular complexity index is 1130. The number of allylic oxidation sites excluding steroid dienone is 1. The molecule has 3 rings (SSSR count). The van der Waals surface area contributed by atoms with Crippen molar-refractivity contribution < 1.29 is 9.59 Å². The van der Waals surface area contributed by atoms with E-state index >= 15 is 0 Å². The average Bonchev–Trinajstić information content (AvgIpc) is 2.74. The number of hydrazine groups is 1. The van der Waals surface area contributed by atoms with Gasteiger partial charge >= 0.3 is 0 Å². The van der Waals surface area contributed by atoms with E-state index in [1.54, 1.807) is 24.3 Å². The maximum absolute atomic E-state index is 12.7. The van der Waals surface area contributed by atoms with Crippen LogP contribution in [0.5, 0.6) is 0 Å². The lowest BCUT2D eigenvalue weighted by atomic mass is 10.1. The van der Waals surface area contributed by atoms with Crippen LogP contribution >= 0.6 is 0 Å². The molecule has 0 spiro atoms. The molecule has 7 nitrogen and oxygen atoms in total. The molecular weight excluding hydrogens is 368 g/mol. The Hall–Kier alpha value is -3.74. The largest absolute Gasteiger partial charge is 0.290 e. The predicted molar refractivity (Wildman–Crippen MR) is 112 cm³/mol. The minimum absolute atomic E-state index is 0.0812. The summed E-state index contributed by atoms with van der Waals surface area (Å²) in [5.74, 6) is -1.06. The topological polar surface area (TPSA) is 93.1 Å². The number of hydrogen-bond donors (Lipinski definition) is 2. The highest BCUT2D eigenvalue weighted by atomic mass is 16.2. The zero-order valence-corrected chi connectivity index (χ0v) is 16.3. The molecule has 2 aromatic carbocycles. The number of carbonyl (C=O) groups is 2. The van der Waals surface area contributed by atoms with Crippen molar-refractivity contribution in [3.05, 3.63) is 82.3 Å². The van der Waals surface area contributed by atoms with Crippen molar-refractivity contribution in [3.63, 3.8) is 0 Å². The molecule has 2 amide bonds. The monoisotopic (exact) mass is 390 g/mol. The second kappa shape index (κ2) is 8.97. The lowest BCUT2D eigenvalue weighted by molar-refractivity contribution is -0.117. The SMILES string of the molecule is CCCn1nc(C(=O)NNC(=O)/C=C(\C)c2ccccc2)c2ccccc2c1=O. The van der Waals surface area contributed by atoms with Gasteiger partial charge < -0.3 is 0 Å². The van der Waals surface area contributed by atoms with E-state index < -0.39 is 11.8 Å². The quantitative estimate of drug-likeness (QED) is 0.517. The molecule has 2 N–H and O–H groups in total. The Kier molecular flexibility index (Phi) is 6.19. The summed E-state index contributed by atoms with van der Waals surface area (Å²) in [4.78, 5) is 37.3. The zero-order chi connectivity index (χ0) is 20.8. The number of aryl methyl sites for hydroxylation is 1. The summed E-state index contributed by atoms with van der Waals surface area (Å²) in [6.45, 7) is 4.13. The number of carbonyl (C=O) groups excluding carboxylic acids is 2. The highest BCUT2D eigenvalue weighted by Crippen LogP contribution is 2.14. The molecule has 0 aliphatic carbocycles. The molecule has 0 saturated carbocycles. The molecule has 1 aromatic heterocycles. The smallest absolute Gasteiger partial charge is 0.268 e. The molecular formula is C22H22N4O3. The fourth-order valence-electron chi connectivity index (χ4n) is 2.96. The highest BCUT2D eigenvalue weighted by Gasteiger charge is 2.16. The average molecular weight is 390 g/mol. The molecule has 0 unspecified atom stereocenters. The number of nitrogens with one attached hydrogen (secondary N) is 2. The molecule has 148 valence electrons. The third-order valence-corrected chi connectivity index (χ3v) is 4.39. The molecule has 7 heteroatoms. The Balaban J connectivity index is 1.80. The number of hydrogen-bond acceptors (Lipinski definition) is 4. The van der Waals surface area contributed by atoms with Gasteiger partial charge in [0.05, 0.1) is 5.39 Å². The molecule has 0 aliphatic heterocycles. The van der Waals surface area contributed by atoms with Crippen molar-refractivity contribution in [3.8, 4) is 0 Å². The van der Waals surface area contributed by atoms with Gasteiger partial charge in [-0.15, -0.1) is 0 Å². The van der Waals surface area contributed by atoms with Crippen molar-refractivity contribution >= 4 is 28.2 Å². The van der Waals surface area contributed by atoms with Crippen molar-refractivity contribution in [1.82, 2.24) is 20.6 Å². The van der Waals surface area contributed by atoms with Crippen LogP contribution in [-0.2, 0) is 11.3 Å². The van der Waals surface area contributed by atoms with E-state index in [1.165, 1.54) is 10.8 Å². The van der Waals surface area contributed by atoms with Crippen LogP contribution in [0.3, 0.4) is 0 Å². The molecule has 0 fully saturated rings. The van der Waals surface area contributed by atoms with Gasteiger partial charge in [-0.25, -0.2) is 4.68 Å². The predicted octanol–water partition coefficient (Wildman–Crippen LogP) is 2.67. The Morgan fingerprint density at radius 1 is 1.00 bits per heavy atom. The second-order valence-electron chi connectivity index (χ2n) is 6.56. The third kappa shape index (κ3) is 4.57. The van der Waals surface area contributed by atoms with E-state index in [1.807, 2.05) is 44.2 Å². The first-order valence-electron chi connectivity index (χ1n) is 9.35. The van der Waals surface area contributed by atoms with Crippen molar-refractivity contribution in [1.29, 1.82) is 0 Å². The van der Waals surface area contributed by atoms with E-state index in [9.17, 15) is 14.4 Å². The van der Waals surface area contributed by atoms with Gasteiger partial charge in [-0.05, 0) is 30.5 Å². The molecule has 3 aromatic rings. The Morgan fingerprint density at radius 3 is 2.34 bits per heavy atom. The Morgan fingerprint density at radius 2 is 1.66 bits per heavy atom. The molecule has 1 heterocycles. The lowest BCUT2D eigenvalue weighted by Crippen LogP contribution is -2.42. The van der Waals surface area contributed by atoms with E-state index in [0.717, 1.165) is 11.1 Å². The summed E-state index contributed by atoms with van der Waals surface area (Å²) in [7, 11) is 0. The van der Waals surface area contributed by atoms with Crippen LogP contribution in [0.2, 0.25) is 0 Å². The maximum Gasteiger partial charge on any atom is 0.290 e. The van der Waals surface area contributed by atoms with Gasteiger partial charge in [0.2, 0.25) is 0 Å².